The van der Waals surface area contributed by atoms with Crippen molar-refractivity contribution < 1.29 is 9.53 Å². The number of nitrogens with two attached hydrogens (primary N) is 1. The third-order valence-electron chi connectivity index (χ3n) is 4.09. The molecule has 2 unspecified atom stereocenters. The topological polar surface area (TPSA) is 73.4 Å². The molecule has 8 heteroatoms. The standard InChI is InChI=1S/C17H22N4O2.2ClH/c1-20-11-14(10-19-20)16-12-21(7-8-23-16)17(22)15(18)9-13-5-3-2-4-6-13;;/h2-6,10-11,15-16H,7-9,12,18H2,1H3;2*1H. The summed E-state index contributed by atoms with van der Waals surface area (Å²) in [7, 11) is 1.87. The van der Waals surface area contributed by atoms with Crippen molar-refractivity contribution >= 4 is 30.7 Å². The maximum Gasteiger partial charge on any atom is 0.240 e. The van der Waals surface area contributed by atoms with Gasteiger partial charge in [-0.15, -0.1) is 24.8 Å². The summed E-state index contributed by atoms with van der Waals surface area (Å²) in [4.78, 5) is 14.4. The number of carbonyl (C=O) groups excluding carboxylic acids is 1. The smallest absolute Gasteiger partial charge is 0.240 e. The van der Waals surface area contributed by atoms with Crippen molar-refractivity contribution in [3.63, 3.8) is 0 Å². The summed E-state index contributed by atoms with van der Waals surface area (Å²) in [6, 6.07) is 9.33. The Labute approximate surface area is 160 Å². The van der Waals surface area contributed by atoms with E-state index in [0.29, 0.717) is 26.1 Å². The van der Waals surface area contributed by atoms with E-state index >= 15 is 0 Å². The Balaban J connectivity index is 0.00000156. The van der Waals surface area contributed by atoms with Crippen LogP contribution in [0.4, 0.5) is 0 Å². The first-order valence-electron chi connectivity index (χ1n) is 7.82. The molecule has 2 N–H and O–H groups in total. The van der Waals surface area contributed by atoms with Gasteiger partial charge in [-0.25, -0.2) is 0 Å². The lowest BCUT2D eigenvalue weighted by Crippen LogP contribution is -2.50. The number of nitrogens with zero attached hydrogens (tertiary/aromatic N) is 3. The van der Waals surface area contributed by atoms with Crippen molar-refractivity contribution in [2.75, 3.05) is 19.7 Å². The lowest BCUT2D eigenvalue weighted by atomic mass is 10.0. The predicted octanol–water partition coefficient (Wildman–Crippen LogP) is 1.73. The number of aryl methyl sites for hydroxylation is 1. The van der Waals surface area contributed by atoms with Gasteiger partial charge in [-0.05, 0) is 12.0 Å². The Morgan fingerprint density at radius 3 is 2.72 bits per heavy atom. The van der Waals surface area contributed by atoms with Gasteiger partial charge < -0.3 is 15.4 Å². The maximum absolute atomic E-state index is 12.6. The van der Waals surface area contributed by atoms with E-state index in [1.165, 1.54) is 0 Å². The Morgan fingerprint density at radius 2 is 2.08 bits per heavy atom. The van der Waals surface area contributed by atoms with E-state index < -0.39 is 6.04 Å². The van der Waals surface area contributed by atoms with Crippen LogP contribution in [-0.4, -0.2) is 46.3 Å². The molecule has 2 heterocycles. The fraction of sp³-hybridized carbons (Fsp3) is 0.412. The summed E-state index contributed by atoms with van der Waals surface area (Å²) >= 11 is 0. The summed E-state index contributed by atoms with van der Waals surface area (Å²) in [5.41, 5.74) is 8.18. The molecule has 0 bridgehead atoms. The largest absolute Gasteiger partial charge is 0.370 e. The molecule has 1 aromatic carbocycles. The molecule has 1 aliphatic rings. The molecule has 2 aromatic rings. The van der Waals surface area contributed by atoms with Gasteiger partial charge in [0.25, 0.3) is 0 Å². The summed E-state index contributed by atoms with van der Waals surface area (Å²) in [5.74, 6) is -0.0222. The highest BCUT2D eigenvalue weighted by Gasteiger charge is 2.29. The summed E-state index contributed by atoms with van der Waals surface area (Å²) in [6.45, 7) is 1.62. The molecule has 3 rings (SSSR count). The molecule has 0 aliphatic carbocycles. The van der Waals surface area contributed by atoms with Crippen LogP contribution in [0.2, 0.25) is 0 Å². The highest BCUT2D eigenvalue weighted by Crippen LogP contribution is 2.22. The minimum Gasteiger partial charge on any atom is -0.370 e. The van der Waals surface area contributed by atoms with Crippen LogP contribution in [0.15, 0.2) is 42.7 Å². The average molecular weight is 387 g/mol. The Morgan fingerprint density at radius 1 is 1.36 bits per heavy atom. The second-order valence-electron chi connectivity index (χ2n) is 5.89. The molecule has 1 amide bonds. The molecular weight excluding hydrogens is 363 g/mol. The SMILES string of the molecule is Cl.Cl.Cn1cc(C2CN(C(=O)C(N)Cc3ccccc3)CCO2)cn1. The first-order chi connectivity index (χ1) is 11.1. The predicted molar refractivity (Wildman–Crippen MR) is 101 cm³/mol. The van der Waals surface area contributed by atoms with Gasteiger partial charge in [0, 0.05) is 25.4 Å². The molecule has 1 aliphatic heterocycles. The number of ether oxygens (including phenoxy) is 1. The molecular formula is C17H24Cl2N4O2. The fourth-order valence-electron chi connectivity index (χ4n) is 2.85. The molecule has 1 fully saturated rings. The maximum atomic E-state index is 12.6. The summed E-state index contributed by atoms with van der Waals surface area (Å²) in [6.07, 6.45) is 4.12. The Hall–Kier alpha value is -1.60. The normalized spacial score (nSPS) is 18.0. The van der Waals surface area contributed by atoms with E-state index in [9.17, 15) is 4.79 Å². The van der Waals surface area contributed by atoms with Gasteiger partial charge in [-0.3, -0.25) is 9.48 Å². The van der Waals surface area contributed by atoms with Crippen molar-refractivity contribution in [1.29, 1.82) is 0 Å². The van der Waals surface area contributed by atoms with Gasteiger partial charge in [0.1, 0.15) is 6.10 Å². The van der Waals surface area contributed by atoms with Crippen LogP contribution >= 0.6 is 24.8 Å². The third-order valence-corrected chi connectivity index (χ3v) is 4.09. The van der Waals surface area contributed by atoms with E-state index in [1.807, 2.05) is 43.6 Å². The van der Waals surface area contributed by atoms with Crippen LogP contribution in [0.25, 0.3) is 0 Å². The molecule has 0 radical (unpaired) electrons. The number of morpholine rings is 1. The molecule has 138 valence electrons. The number of hydrogen-bond acceptors (Lipinski definition) is 4. The lowest BCUT2D eigenvalue weighted by molar-refractivity contribution is -0.140. The molecule has 6 nitrogen and oxygen atoms in total. The molecule has 1 aromatic heterocycles. The fourth-order valence-corrected chi connectivity index (χ4v) is 2.85. The van der Waals surface area contributed by atoms with Crippen LogP contribution in [0, 0.1) is 0 Å². The molecule has 1 saturated heterocycles. The van der Waals surface area contributed by atoms with E-state index in [2.05, 4.69) is 5.10 Å². The van der Waals surface area contributed by atoms with Crippen molar-refractivity contribution in [3.05, 3.63) is 53.9 Å². The number of amides is 1. The summed E-state index contributed by atoms with van der Waals surface area (Å²) in [5, 5.41) is 4.16. The zero-order valence-corrected chi connectivity index (χ0v) is 15.7. The van der Waals surface area contributed by atoms with Crippen LogP contribution in [-0.2, 0) is 23.0 Å². The molecule has 0 saturated carbocycles. The van der Waals surface area contributed by atoms with Gasteiger partial charge in [-0.1, -0.05) is 30.3 Å². The zero-order chi connectivity index (χ0) is 16.2. The summed E-state index contributed by atoms with van der Waals surface area (Å²) < 4.78 is 7.50. The Bertz CT molecular complexity index is 666. The second-order valence-corrected chi connectivity index (χ2v) is 5.89. The number of aromatic nitrogens is 2. The molecule has 0 spiro atoms. The van der Waals surface area contributed by atoms with Gasteiger partial charge in [0.15, 0.2) is 0 Å². The number of halogens is 2. The van der Waals surface area contributed by atoms with E-state index in [0.717, 1.165) is 11.1 Å². The number of hydrogen-bond donors (Lipinski definition) is 1. The van der Waals surface area contributed by atoms with Crippen molar-refractivity contribution in [1.82, 2.24) is 14.7 Å². The van der Waals surface area contributed by atoms with Gasteiger partial charge in [0.2, 0.25) is 5.91 Å². The number of carbonyl (C=O) groups is 1. The average Bonchev–Trinajstić information content (AvgIpc) is 3.02. The van der Waals surface area contributed by atoms with Crippen LogP contribution in [0.1, 0.15) is 17.2 Å². The molecule has 25 heavy (non-hydrogen) atoms. The zero-order valence-electron chi connectivity index (χ0n) is 14.1. The minimum absolute atomic E-state index is 0. The Kier molecular flexibility index (Phi) is 8.38. The van der Waals surface area contributed by atoms with Crippen LogP contribution in [0.5, 0.6) is 0 Å². The lowest BCUT2D eigenvalue weighted by Gasteiger charge is -2.34. The monoisotopic (exact) mass is 386 g/mol. The highest BCUT2D eigenvalue weighted by molar-refractivity contribution is 5.85. The van der Waals surface area contributed by atoms with Gasteiger partial charge in [-0.2, -0.15) is 5.10 Å². The van der Waals surface area contributed by atoms with E-state index in [1.54, 1.807) is 15.8 Å². The quantitative estimate of drug-likeness (QED) is 0.868. The second kappa shape index (κ2) is 9.77. The van der Waals surface area contributed by atoms with Gasteiger partial charge >= 0.3 is 0 Å². The van der Waals surface area contributed by atoms with Crippen molar-refractivity contribution in [3.8, 4) is 0 Å². The first kappa shape index (κ1) is 21.4. The minimum atomic E-state index is -0.523. The van der Waals surface area contributed by atoms with Crippen LogP contribution < -0.4 is 5.73 Å². The van der Waals surface area contributed by atoms with E-state index in [-0.39, 0.29) is 36.8 Å². The van der Waals surface area contributed by atoms with Crippen LogP contribution in [0.3, 0.4) is 0 Å². The number of rotatable bonds is 4. The highest BCUT2D eigenvalue weighted by atomic mass is 35.5. The number of benzene rings is 1. The van der Waals surface area contributed by atoms with Crippen molar-refractivity contribution in [2.45, 2.75) is 18.6 Å². The first-order valence-corrected chi connectivity index (χ1v) is 7.82. The van der Waals surface area contributed by atoms with Crippen molar-refractivity contribution in [2.24, 2.45) is 12.8 Å². The molecule has 2 atom stereocenters. The van der Waals surface area contributed by atoms with Gasteiger partial charge in [0.05, 0.1) is 25.4 Å². The third kappa shape index (κ3) is 5.44. The van der Waals surface area contributed by atoms with E-state index in [4.69, 9.17) is 10.5 Å².